The number of nitrogens with zero attached hydrogens (tertiary/aromatic N) is 5. The Morgan fingerprint density at radius 1 is 1.02 bits per heavy atom. The van der Waals surface area contributed by atoms with E-state index in [0.29, 0.717) is 28.2 Å². The number of hydrogen-bond donors (Lipinski definition) is 2. The van der Waals surface area contributed by atoms with Crippen molar-refractivity contribution in [3.8, 4) is 0 Å². The van der Waals surface area contributed by atoms with Crippen molar-refractivity contribution in [2.75, 3.05) is 66.4 Å². The molecule has 2 aromatic carbocycles. The summed E-state index contributed by atoms with van der Waals surface area (Å²) in [6.45, 7) is 4.00. The fourth-order valence-corrected chi connectivity index (χ4v) is 6.12. The molecule has 2 saturated heterocycles. The van der Waals surface area contributed by atoms with Gasteiger partial charge in [-0.25, -0.2) is 17.8 Å². The van der Waals surface area contributed by atoms with Gasteiger partial charge in [0.15, 0.2) is 5.82 Å². The van der Waals surface area contributed by atoms with Crippen LogP contribution in [0.1, 0.15) is 25.7 Å². The van der Waals surface area contributed by atoms with E-state index in [2.05, 4.69) is 37.4 Å². The van der Waals surface area contributed by atoms with Crippen LogP contribution in [-0.2, 0) is 10.0 Å². The highest BCUT2D eigenvalue weighted by Gasteiger charge is 2.37. The average Bonchev–Trinajstić information content (AvgIpc) is 2.93. The summed E-state index contributed by atoms with van der Waals surface area (Å²) in [6.07, 6.45) is 7.20. The summed E-state index contributed by atoms with van der Waals surface area (Å²) in [5.74, 6) is 0.200. The van der Waals surface area contributed by atoms with E-state index in [1.54, 1.807) is 30.3 Å². The number of piperidine rings is 2. The van der Waals surface area contributed by atoms with E-state index in [-0.39, 0.29) is 22.6 Å². The van der Waals surface area contributed by atoms with Crippen molar-refractivity contribution >= 4 is 56.1 Å². The molecule has 40 heavy (non-hydrogen) atoms. The first-order valence-corrected chi connectivity index (χ1v) is 15.6. The number of aromatic nitrogens is 2. The Morgan fingerprint density at radius 2 is 1.70 bits per heavy atom. The van der Waals surface area contributed by atoms with Gasteiger partial charge in [-0.3, -0.25) is 4.31 Å². The van der Waals surface area contributed by atoms with Gasteiger partial charge in [0.25, 0.3) is 0 Å². The first kappa shape index (κ1) is 28.4. The molecule has 3 aromatic rings. The molecule has 3 heterocycles. The molecule has 2 N–H and O–H groups in total. The second kappa shape index (κ2) is 11.4. The van der Waals surface area contributed by atoms with Crippen LogP contribution in [0.3, 0.4) is 0 Å². The molecule has 214 valence electrons. The van der Waals surface area contributed by atoms with Gasteiger partial charge >= 0.3 is 0 Å². The molecule has 0 radical (unpaired) electrons. The smallest absolute Gasteiger partial charge is 0.232 e. The molecular weight excluding hydrogens is 553 g/mol. The van der Waals surface area contributed by atoms with Crippen molar-refractivity contribution in [1.82, 2.24) is 14.9 Å². The van der Waals surface area contributed by atoms with Gasteiger partial charge in [-0.1, -0.05) is 23.7 Å². The number of likely N-dealkylation sites (tertiary alicyclic amines) is 1. The topological polar surface area (TPSA) is 93.7 Å². The van der Waals surface area contributed by atoms with Crippen LogP contribution in [0.25, 0.3) is 0 Å². The van der Waals surface area contributed by atoms with Gasteiger partial charge in [-0.15, -0.1) is 0 Å². The van der Waals surface area contributed by atoms with E-state index in [4.69, 9.17) is 11.6 Å². The van der Waals surface area contributed by atoms with Crippen LogP contribution >= 0.6 is 11.6 Å². The Kier molecular flexibility index (Phi) is 8.08. The zero-order valence-electron chi connectivity index (χ0n) is 23.0. The molecule has 12 heteroatoms. The minimum atomic E-state index is -3.48. The first-order valence-electron chi connectivity index (χ1n) is 13.4. The number of benzene rings is 2. The summed E-state index contributed by atoms with van der Waals surface area (Å²) in [5, 5.41) is 6.39. The average molecular weight is 588 g/mol. The molecule has 1 spiro atoms. The number of halogens is 2. The molecule has 0 aliphatic carbocycles. The van der Waals surface area contributed by atoms with E-state index >= 15 is 4.39 Å². The Bertz CT molecular complexity index is 1470. The molecule has 0 amide bonds. The van der Waals surface area contributed by atoms with Gasteiger partial charge in [0.05, 0.1) is 29.5 Å². The summed E-state index contributed by atoms with van der Waals surface area (Å²) in [5.41, 5.74) is 2.46. The van der Waals surface area contributed by atoms with E-state index in [9.17, 15) is 8.42 Å². The normalized spacial score (nSPS) is 17.6. The third kappa shape index (κ3) is 6.26. The summed E-state index contributed by atoms with van der Waals surface area (Å²) in [6, 6.07) is 12.0. The van der Waals surface area contributed by atoms with Gasteiger partial charge in [0.1, 0.15) is 10.8 Å². The quantitative estimate of drug-likeness (QED) is 0.376. The predicted octanol–water partition coefficient (Wildman–Crippen LogP) is 5.46. The lowest BCUT2D eigenvalue weighted by atomic mass is 9.71. The zero-order chi connectivity index (χ0) is 28.5. The van der Waals surface area contributed by atoms with Gasteiger partial charge in [-0.2, -0.15) is 4.98 Å². The molecule has 2 aliphatic heterocycles. The molecule has 2 fully saturated rings. The van der Waals surface area contributed by atoms with Gasteiger partial charge in [0.2, 0.25) is 16.0 Å². The third-order valence-electron chi connectivity index (χ3n) is 8.15. The predicted molar refractivity (Wildman–Crippen MR) is 160 cm³/mol. The molecule has 5 rings (SSSR count). The van der Waals surface area contributed by atoms with Crippen molar-refractivity contribution in [2.24, 2.45) is 5.41 Å². The van der Waals surface area contributed by atoms with Crippen LogP contribution in [-0.4, -0.2) is 69.8 Å². The van der Waals surface area contributed by atoms with Gasteiger partial charge in [-0.05, 0) is 81.6 Å². The summed E-state index contributed by atoms with van der Waals surface area (Å²) < 4.78 is 40.6. The minimum absolute atomic E-state index is 0.218. The Morgan fingerprint density at radius 3 is 2.38 bits per heavy atom. The summed E-state index contributed by atoms with van der Waals surface area (Å²) in [7, 11) is 0.171. The molecular formula is C28H35ClFN7O2S. The number of para-hydroxylation sites is 2. The van der Waals surface area contributed by atoms with Gasteiger partial charge in [0, 0.05) is 25.8 Å². The minimum Gasteiger partial charge on any atom is -0.369 e. The molecule has 0 bridgehead atoms. The molecule has 1 aromatic heterocycles. The lowest BCUT2D eigenvalue weighted by Gasteiger charge is -2.46. The number of nitrogens with one attached hydrogen (secondary N) is 2. The van der Waals surface area contributed by atoms with Crippen LogP contribution in [0.15, 0.2) is 48.7 Å². The van der Waals surface area contributed by atoms with Gasteiger partial charge < -0.3 is 20.4 Å². The maximum atomic E-state index is 15.3. The van der Waals surface area contributed by atoms with Crippen LogP contribution in [0, 0.1) is 11.2 Å². The molecule has 2 aliphatic rings. The number of anilines is 6. The van der Waals surface area contributed by atoms with Crippen molar-refractivity contribution in [1.29, 1.82) is 0 Å². The first-order chi connectivity index (χ1) is 19.0. The standard InChI is InChI=1S/C28H35ClFN7O2S/c1-35-14-10-28(11-15-35)12-16-37(17-13-28)24-9-8-20(18-22(24)30)32-27-31-19-21(29)26(34-27)33-23-6-4-5-7-25(23)36(2)40(3,38)39/h4-9,18-19H,10-17H2,1-3H3,(H2,31,32,33,34). The molecule has 0 atom stereocenters. The largest absolute Gasteiger partial charge is 0.369 e. The Balaban J connectivity index is 1.28. The van der Waals surface area contributed by atoms with Crippen LogP contribution in [0.5, 0.6) is 0 Å². The van der Waals surface area contributed by atoms with Crippen molar-refractivity contribution in [3.63, 3.8) is 0 Å². The lowest BCUT2D eigenvalue weighted by molar-refractivity contribution is 0.0943. The second-order valence-electron chi connectivity index (χ2n) is 10.8. The van der Waals surface area contributed by atoms with Crippen molar-refractivity contribution < 1.29 is 12.8 Å². The van der Waals surface area contributed by atoms with Crippen molar-refractivity contribution in [3.05, 3.63) is 59.5 Å². The summed E-state index contributed by atoms with van der Waals surface area (Å²) >= 11 is 6.35. The Hall–Kier alpha value is -3.15. The second-order valence-corrected chi connectivity index (χ2v) is 13.3. The van der Waals surface area contributed by atoms with E-state index in [0.717, 1.165) is 45.3 Å². The van der Waals surface area contributed by atoms with E-state index in [1.807, 2.05) is 6.07 Å². The fourth-order valence-electron chi connectivity index (χ4n) is 5.46. The monoisotopic (exact) mass is 587 g/mol. The number of hydrogen-bond acceptors (Lipinski definition) is 8. The molecule has 9 nitrogen and oxygen atoms in total. The SMILES string of the molecule is CN1CCC2(CC1)CCN(c1ccc(Nc3ncc(Cl)c(Nc4ccccc4N(C)S(C)(=O)=O)n3)cc1F)CC2. The Labute approximate surface area is 240 Å². The summed E-state index contributed by atoms with van der Waals surface area (Å²) in [4.78, 5) is 13.2. The number of rotatable bonds is 7. The zero-order valence-corrected chi connectivity index (χ0v) is 24.6. The fraction of sp³-hybridized carbons (Fsp3) is 0.429. The van der Waals surface area contributed by atoms with Crippen molar-refractivity contribution in [2.45, 2.75) is 25.7 Å². The van der Waals surface area contributed by atoms with Crippen LogP contribution < -0.4 is 19.8 Å². The maximum absolute atomic E-state index is 15.3. The highest BCUT2D eigenvalue weighted by molar-refractivity contribution is 7.92. The molecule has 0 unspecified atom stereocenters. The van der Waals surface area contributed by atoms with Crippen LogP contribution in [0.2, 0.25) is 5.02 Å². The lowest BCUT2D eigenvalue weighted by Crippen LogP contribution is -2.46. The molecule has 0 saturated carbocycles. The van der Waals surface area contributed by atoms with Crippen LogP contribution in [0.4, 0.5) is 38.9 Å². The third-order valence-corrected chi connectivity index (χ3v) is 9.62. The van der Waals surface area contributed by atoms with E-state index in [1.165, 1.54) is 36.5 Å². The highest BCUT2D eigenvalue weighted by Crippen LogP contribution is 2.42. The number of sulfonamides is 1. The maximum Gasteiger partial charge on any atom is 0.232 e. The van der Waals surface area contributed by atoms with E-state index < -0.39 is 10.0 Å². The highest BCUT2D eigenvalue weighted by atomic mass is 35.5.